The summed E-state index contributed by atoms with van der Waals surface area (Å²) in [6, 6.07) is 5.63. The Balaban J connectivity index is 1.39. The lowest BCUT2D eigenvalue weighted by Gasteiger charge is -2.38. The van der Waals surface area contributed by atoms with Crippen LogP contribution in [0.5, 0.6) is 0 Å². The summed E-state index contributed by atoms with van der Waals surface area (Å²) in [4.78, 5) is 48.1. The molecule has 0 bridgehead atoms. The zero-order valence-corrected chi connectivity index (χ0v) is 46.2. The number of allylic oxidation sites excluding steroid dienone is 6. The molecule has 18 nitrogen and oxygen atoms in total. The topological polar surface area (TPSA) is 262 Å². The predicted octanol–water partition coefficient (Wildman–Crippen LogP) is 6.21. The molecule has 0 spiro atoms. The zero-order chi connectivity index (χ0) is 54.1. The van der Waals surface area contributed by atoms with Gasteiger partial charge in [-0.15, -0.1) is 0 Å². The summed E-state index contributed by atoms with van der Waals surface area (Å²) in [5.41, 5.74) is -1.87. The average molecular weight is 1070 g/mol. The zero-order valence-electron chi connectivity index (χ0n) is 43.7. The first-order valence-corrected chi connectivity index (χ1v) is 30.6. The maximum atomic E-state index is 14.2. The molecular formula is C52H70N6O12S3. The van der Waals surface area contributed by atoms with Gasteiger partial charge in [0.05, 0.1) is 20.6 Å². The number of nitrogens with zero attached hydrogens (tertiary/aromatic N) is 6. The van der Waals surface area contributed by atoms with E-state index in [2.05, 4.69) is 0 Å². The van der Waals surface area contributed by atoms with Crippen LogP contribution >= 0.6 is 0 Å². The molecule has 0 aromatic heterocycles. The fraction of sp³-hybridized carbons (Fsp3) is 0.654. The van der Waals surface area contributed by atoms with Crippen molar-refractivity contribution in [2.75, 3.05) is 77.9 Å². The highest BCUT2D eigenvalue weighted by Gasteiger charge is 2.44. The second-order valence-electron chi connectivity index (χ2n) is 22.8. The number of rotatable bonds is 15. The van der Waals surface area contributed by atoms with Gasteiger partial charge in [0.1, 0.15) is 54.7 Å². The van der Waals surface area contributed by atoms with Crippen LogP contribution in [0.3, 0.4) is 0 Å². The van der Waals surface area contributed by atoms with Crippen molar-refractivity contribution in [3.05, 3.63) is 65.2 Å². The third-order valence-electron chi connectivity index (χ3n) is 14.3. The molecule has 0 radical (unpaired) electrons. The van der Waals surface area contributed by atoms with Gasteiger partial charge in [-0.05, 0) is 110 Å². The molecule has 0 aromatic rings. The lowest BCUT2D eigenvalue weighted by molar-refractivity contribution is -0.148. The van der Waals surface area contributed by atoms with E-state index in [1.807, 2.05) is 74.4 Å². The molecule has 3 saturated heterocycles. The van der Waals surface area contributed by atoms with E-state index in [0.29, 0.717) is 75.6 Å². The third kappa shape index (κ3) is 13.3. The Kier molecular flexibility index (Phi) is 17.0. The van der Waals surface area contributed by atoms with E-state index in [1.54, 1.807) is 0 Å². The molecule has 0 amide bonds. The number of carbonyl (C=O) groups excluding carboxylic acids is 3. The Morgan fingerprint density at radius 1 is 0.452 bits per heavy atom. The van der Waals surface area contributed by atoms with Crippen molar-refractivity contribution >= 4 is 47.4 Å². The number of ether oxygens (including phenoxy) is 3. The second-order valence-corrected chi connectivity index (χ2v) is 28.7. The number of sulfone groups is 3. The summed E-state index contributed by atoms with van der Waals surface area (Å²) < 4.78 is 98.5. The molecule has 6 rings (SSSR count). The standard InChI is InChI=1S/C52H70N6O12S3/c1-50(2)22-35(44(71(7,62)63)41(25-50)56-16-10-11-17-56)38(28-53)47(59)68-31-34(32-69-48(60)39(29-54)36-23-51(3,4)26-42(45(36)72(8,64)65)57-18-12-13-19-57)33-70-49(61)40(30-55)37-24-52(5,6)27-43(46(37)73(9,66)67)58-20-14-15-21-58/h34H,10-27,31-33H2,1-9H3/b38-35+,39-36+,40-37+. The van der Waals surface area contributed by atoms with Crippen molar-refractivity contribution in [3.8, 4) is 18.2 Å². The minimum atomic E-state index is -4.01. The maximum absolute atomic E-state index is 14.2. The van der Waals surface area contributed by atoms with Crippen LogP contribution in [0.25, 0.3) is 0 Å². The highest BCUT2D eigenvalue weighted by atomic mass is 32.2. The molecule has 0 saturated carbocycles. The quantitative estimate of drug-likeness (QED) is 0.0764. The molecule has 3 aliphatic carbocycles. The summed E-state index contributed by atoms with van der Waals surface area (Å²) in [5, 5.41) is 31.7. The van der Waals surface area contributed by atoms with Gasteiger partial charge in [0.15, 0.2) is 29.5 Å². The van der Waals surface area contributed by atoms with Crippen molar-refractivity contribution in [3.63, 3.8) is 0 Å². The summed E-state index contributed by atoms with van der Waals surface area (Å²) in [6.45, 7) is 12.9. The number of likely N-dealkylation sites (tertiary alicyclic amines) is 3. The summed E-state index contributed by atoms with van der Waals surface area (Å²) in [5.74, 6) is -4.89. The fourth-order valence-electron chi connectivity index (χ4n) is 11.3. The normalized spacial score (nSPS) is 23.5. The van der Waals surface area contributed by atoms with Crippen molar-refractivity contribution < 1.29 is 53.8 Å². The molecular weight excluding hydrogens is 997 g/mol. The van der Waals surface area contributed by atoms with Gasteiger partial charge in [0, 0.05) is 75.1 Å². The molecule has 6 aliphatic rings. The highest BCUT2D eigenvalue weighted by Crippen LogP contribution is 2.49. The van der Waals surface area contributed by atoms with Gasteiger partial charge in [-0.3, -0.25) is 0 Å². The lowest BCUT2D eigenvalue weighted by Crippen LogP contribution is -2.34. The van der Waals surface area contributed by atoms with Crippen molar-refractivity contribution in [1.29, 1.82) is 15.8 Å². The Hall–Kier alpha value is -5.43. The van der Waals surface area contributed by atoms with Gasteiger partial charge in [-0.2, -0.15) is 15.8 Å². The van der Waals surface area contributed by atoms with Gasteiger partial charge in [0.25, 0.3) is 0 Å². The maximum Gasteiger partial charge on any atom is 0.349 e. The van der Waals surface area contributed by atoms with E-state index in [9.17, 15) is 55.4 Å². The molecule has 3 aliphatic heterocycles. The molecule has 0 unspecified atom stereocenters. The van der Waals surface area contributed by atoms with Crippen LogP contribution in [-0.2, 0) is 58.1 Å². The summed E-state index contributed by atoms with van der Waals surface area (Å²) >= 11 is 0. The first-order chi connectivity index (χ1) is 33.9. The third-order valence-corrected chi connectivity index (χ3v) is 18.0. The Labute approximate surface area is 431 Å². The van der Waals surface area contributed by atoms with E-state index in [0.717, 1.165) is 57.3 Å². The molecule has 21 heteroatoms. The molecule has 0 atom stereocenters. The summed E-state index contributed by atoms with van der Waals surface area (Å²) in [6.07, 6.45) is 9.37. The molecule has 73 heavy (non-hydrogen) atoms. The minimum absolute atomic E-state index is 0.00462. The second kappa shape index (κ2) is 21.8. The molecule has 0 N–H and O–H groups in total. The number of hydrogen-bond donors (Lipinski definition) is 0. The van der Waals surface area contributed by atoms with Crippen LogP contribution < -0.4 is 0 Å². The van der Waals surface area contributed by atoms with E-state index in [-0.39, 0.29) is 50.7 Å². The van der Waals surface area contributed by atoms with Gasteiger partial charge >= 0.3 is 17.9 Å². The van der Waals surface area contributed by atoms with E-state index < -0.39 is 106 Å². The van der Waals surface area contributed by atoms with Gasteiger partial charge in [-0.1, -0.05) is 41.5 Å². The van der Waals surface area contributed by atoms with Gasteiger partial charge in [-0.25, -0.2) is 39.6 Å². The first-order valence-electron chi connectivity index (χ1n) is 24.9. The SMILES string of the molecule is CC1(C)CC(N2CCCC2)=C(S(C)(=O)=O)/C(=C(\C#N)C(=O)OCC(COC(=O)/C(C#N)=C2\CC(C)(C)CC(N3CCCC3)=C2S(C)(=O)=O)COC(=O)/C(C#N)=C2\CC(C)(C)CC(N3CCCC3)=C2S(C)(=O)=O)C1. The molecule has 0 aromatic carbocycles. The highest BCUT2D eigenvalue weighted by molar-refractivity contribution is 7.95. The smallest absolute Gasteiger partial charge is 0.349 e. The van der Waals surface area contributed by atoms with Crippen molar-refractivity contribution in [2.24, 2.45) is 22.2 Å². The van der Waals surface area contributed by atoms with Crippen LogP contribution in [0.1, 0.15) is 119 Å². The van der Waals surface area contributed by atoms with E-state index >= 15 is 0 Å². The van der Waals surface area contributed by atoms with E-state index in [4.69, 9.17) is 14.2 Å². The fourth-order valence-corrected chi connectivity index (χ4v) is 15.0. The number of esters is 3. The largest absolute Gasteiger partial charge is 0.461 e. The van der Waals surface area contributed by atoms with Crippen LogP contribution in [0.4, 0.5) is 0 Å². The Bertz CT molecular complexity index is 2650. The van der Waals surface area contributed by atoms with Crippen molar-refractivity contribution in [1.82, 2.24) is 14.7 Å². The number of carbonyl (C=O) groups is 3. The minimum Gasteiger partial charge on any atom is -0.461 e. The summed E-state index contributed by atoms with van der Waals surface area (Å²) in [7, 11) is -12.0. The Morgan fingerprint density at radius 2 is 0.671 bits per heavy atom. The predicted molar refractivity (Wildman–Crippen MR) is 271 cm³/mol. The van der Waals surface area contributed by atoms with Crippen molar-refractivity contribution in [2.45, 2.75) is 119 Å². The van der Waals surface area contributed by atoms with E-state index in [1.165, 1.54) is 0 Å². The first kappa shape index (κ1) is 56.9. The van der Waals surface area contributed by atoms with Crippen LogP contribution in [-0.4, -0.2) is 136 Å². The monoisotopic (exact) mass is 1070 g/mol. The Morgan fingerprint density at radius 3 is 0.863 bits per heavy atom. The average Bonchev–Trinajstić information content (AvgIpc) is 4.10. The van der Waals surface area contributed by atoms with Gasteiger partial charge in [0.2, 0.25) is 0 Å². The van der Waals surface area contributed by atoms with Crippen LogP contribution in [0.15, 0.2) is 65.2 Å². The lowest BCUT2D eigenvalue weighted by atomic mass is 9.75. The number of nitriles is 3. The molecule has 3 heterocycles. The number of hydrogen-bond acceptors (Lipinski definition) is 18. The molecule has 398 valence electrons. The molecule has 3 fully saturated rings. The van der Waals surface area contributed by atoms with Gasteiger partial charge < -0.3 is 28.9 Å². The van der Waals surface area contributed by atoms with Crippen LogP contribution in [0.2, 0.25) is 0 Å². The van der Waals surface area contributed by atoms with Crippen LogP contribution in [0, 0.1) is 56.2 Å².